The largest absolute Gasteiger partial charge is 0.395 e. The minimum Gasteiger partial charge on any atom is -0.395 e. The zero-order chi connectivity index (χ0) is 28.2. The number of fused-ring (bicyclic) bond motifs is 1. The van der Waals surface area contributed by atoms with Crippen LogP contribution in [0.3, 0.4) is 0 Å². The van der Waals surface area contributed by atoms with Gasteiger partial charge in [-0.25, -0.2) is 0 Å². The van der Waals surface area contributed by atoms with Gasteiger partial charge < -0.3 is 24.5 Å². The fraction of sp³-hybridized carbons (Fsp3) is 0.581. The predicted molar refractivity (Wildman–Crippen MR) is 149 cm³/mol. The molecule has 0 aromatic heterocycles. The van der Waals surface area contributed by atoms with Crippen LogP contribution in [0, 0.1) is 11.8 Å². The van der Waals surface area contributed by atoms with Gasteiger partial charge in [0.15, 0.2) is 0 Å². The molecule has 5 atom stereocenters. The normalized spacial score (nSPS) is 28.8. The van der Waals surface area contributed by atoms with Crippen LogP contribution in [0.25, 0.3) is 0 Å². The lowest BCUT2D eigenvalue weighted by Crippen LogP contribution is -2.56. The van der Waals surface area contributed by atoms with Gasteiger partial charge in [-0.05, 0) is 31.7 Å². The number of likely N-dealkylation sites (tertiary alicyclic amines) is 1. The van der Waals surface area contributed by atoms with Gasteiger partial charge in [0, 0.05) is 32.7 Å². The van der Waals surface area contributed by atoms with Gasteiger partial charge in [0.2, 0.25) is 17.7 Å². The Morgan fingerprint density at radius 2 is 1.79 bits per heavy atom. The Labute approximate surface area is 232 Å². The molecule has 2 unspecified atom stereocenters. The number of unbranched alkanes of at least 4 members (excludes halogenated alkanes) is 2. The van der Waals surface area contributed by atoms with E-state index in [1.54, 1.807) is 22.0 Å². The highest BCUT2D eigenvalue weighted by Crippen LogP contribution is 2.63. The van der Waals surface area contributed by atoms with E-state index in [2.05, 4.69) is 20.1 Å². The number of aliphatic hydroxyl groups is 1. The molecule has 0 saturated carbocycles. The summed E-state index contributed by atoms with van der Waals surface area (Å²) in [5.41, 5.74) is -0.977. The number of carbonyl (C=O) groups is 3. The first-order chi connectivity index (χ1) is 18.8. The van der Waals surface area contributed by atoms with Crippen molar-refractivity contribution >= 4 is 17.7 Å². The van der Waals surface area contributed by atoms with Crippen LogP contribution in [-0.4, -0.2) is 87.6 Å². The first kappa shape index (κ1) is 29.0. The fourth-order valence-corrected chi connectivity index (χ4v) is 6.99. The van der Waals surface area contributed by atoms with Crippen molar-refractivity contribution < 1.29 is 24.2 Å². The third kappa shape index (κ3) is 5.16. The van der Waals surface area contributed by atoms with Gasteiger partial charge in [0.25, 0.3) is 0 Å². The van der Waals surface area contributed by atoms with Crippen LogP contribution in [0.2, 0.25) is 0 Å². The average molecular weight is 538 g/mol. The summed E-state index contributed by atoms with van der Waals surface area (Å²) in [5.74, 6) is -2.15. The Kier molecular flexibility index (Phi) is 8.96. The van der Waals surface area contributed by atoms with Crippen molar-refractivity contribution in [3.63, 3.8) is 0 Å². The van der Waals surface area contributed by atoms with E-state index in [0.717, 1.165) is 24.8 Å². The summed E-state index contributed by atoms with van der Waals surface area (Å²) < 4.78 is 6.73. The van der Waals surface area contributed by atoms with Crippen molar-refractivity contribution in [3.05, 3.63) is 61.2 Å². The second-order valence-electron chi connectivity index (χ2n) is 11.3. The van der Waals surface area contributed by atoms with Crippen molar-refractivity contribution in [2.45, 2.75) is 69.7 Å². The first-order valence-electron chi connectivity index (χ1n) is 14.2. The van der Waals surface area contributed by atoms with Crippen LogP contribution < -0.4 is 0 Å². The lowest BCUT2D eigenvalue weighted by atomic mass is 9.66. The summed E-state index contributed by atoms with van der Waals surface area (Å²) in [7, 11) is 0. The third-order valence-electron chi connectivity index (χ3n) is 8.69. The van der Waals surface area contributed by atoms with Crippen molar-refractivity contribution in [1.29, 1.82) is 0 Å². The molecule has 3 fully saturated rings. The molecule has 2 bridgehead atoms. The number of carbonyl (C=O) groups excluding carboxylic acids is 3. The van der Waals surface area contributed by atoms with Crippen LogP contribution in [0.1, 0.15) is 51.5 Å². The van der Waals surface area contributed by atoms with Gasteiger partial charge in [-0.15, -0.1) is 13.2 Å². The van der Waals surface area contributed by atoms with Gasteiger partial charge in [-0.3, -0.25) is 14.4 Å². The smallest absolute Gasteiger partial charge is 0.248 e. The fourth-order valence-electron chi connectivity index (χ4n) is 6.99. The Morgan fingerprint density at radius 3 is 2.44 bits per heavy atom. The van der Waals surface area contributed by atoms with E-state index < -0.39 is 29.1 Å². The summed E-state index contributed by atoms with van der Waals surface area (Å²) in [5, 5.41) is 9.88. The molecule has 212 valence electrons. The molecule has 3 aliphatic heterocycles. The zero-order valence-electron chi connectivity index (χ0n) is 23.4. The summed E-state index contributed by atoms with van der Waals surface area (Å²) in [4.78, 5) is 47.4. The van der Waals surface area contributed by atoms with Crippen LogP contribution in [0.4, 0.5) is 0 Å². The van der Waals surface area contributed by atoms with Gasteiger partial charge in [-0.1, -0.05) is 62.2 Å². The number of hydrogen-bond acceptors (Lipinski definition) is 5. The molecule has 1 N–H and O–H groups in total. The number of hydrogen-bond donors (Lipinski definition) is 1. The minimum absolute atomic E-state index is 0.0196. The maximum atomic E-state index is 14.2. The van der Waals surface area contributed by atoms with E-state index in [0.29, 0.717) is 39.0 Å². The number of β-amino-alcohol motifs (C(OH)–C–C–N with tert-alkyl or cyclic N) is 1. The second kappa shape index (κ2) is 12.0. The molecular weight excluding hydrogens is 494 g/mol. The Morgan fingerprint density at radius 1 is 1.10 bits per heavy atom. The summed E-state index contributed by atoms with van der Waals surface area (Å²) in [6.07, 6.45) is 7.34. The quantitative estimate of drug-likeness (QED) is 0.291. The number of aliphatic hydroxyl groups excluding tert-OH is 1. The molecule has 8 nitrogen and oxygen atoms in total. The molecule has 1 aromatic rings. The van der Waals surface area contributed by atoms with E-state index in [9.17, 15) is 19.5 Å². The molecule has 1 aromatic carbocycles. The number of amides is 3. The molecule has 39 heavy (non-hydrogen) atoms. The second-order valence-corrected chi connectivity index (χ2v) is 11.3. The van der Waals surface area contributed by atoms with Gasteiger partial charge >= 0.3 is 0 Å². The maximum Gasteiger partial charge on any atom is 0.248 e. The highest BCUT2D eigenvalue weighted by Gasteiger charge is 2.78. The number of ether oxygens (including phenoxy) is 1. The summed E-state index contributed by atoms with van der Waals surface area (Å²) in [6, 6.07) is 8.85. The van der Waals surface area contributed by atoms with Crippen LogP contribution in [0.15, 0.2) is 55.6 Å². The van der Waals surface area contributed by atoms with E-state index >= 15 is 0 Å². The highest BCUT2D eigenvalue weighted by atomic mass is 16.5. The average Bonchev–Trinajstić information content (AvgIpc) is 3.49. The maximum absolute atomic E-state index is 14.2. The monoisotopic (exact) mass is 537 g/mol. The standard InChI is InChI=1S/C31H43N3O5/c1-5-8-12-19-32(17-6-2)29(38)26-31-16-15-30(4,39-31)24(25(31)28(37)34(26)20-21-35)27(36)33(18-7-3)22-23-13-10-9-11-14-23/h6-7,9-11,13-14,24-26,35H,2-3,5,8,12,15-22H2,1,4H3/t24-,25-,26?,30+,31?/m0/s1. The molecule has 3 heterocycles. The molecular formula is C31H43N3O5. The third-order valence-corrected chi connectivity index (χ3v) is 8.69. The minimum atomic E-state index is -1.10. The summed E-state index contributed by atoms with van der Waals surface area (Å²) in [6.45, 7) is 13.1. The molecule has 0 radical (unpaired) electrons. The van der Waals surface area contributed by atoms with Crippen LogP contribution in [0.5, 0.6) is 0 Å². The van der Waals surface area contributed by atoms with Crippen LogP contribution >= 0.6 is 0 Å². The number of rotatable bonds is 14. The zero-order valence-corrected chi connectivity index (χ0v) is 23.4. The molecule has 3 aliphatic rings. The highest BCUT2D eigenvalue weighted by molar-refractivity contribution is 5.99. The molecule has 0 aliphatic carbocycles. The van der Waals surface area contributed by atoms with Crippen molar-refractivity contribution in [1.82, 2.24) is 14.7 Å². The van der Waals surface area contributed by atoms with E-state index in [4.69, 9.17) is 4.74 Å². The first-order valence-corrected chi connectivity index (χ1v) is 14.2. The molecule has 8 heteroatoms. The number of nitrogens with zero attached hydrogens (tertiary/aromatic N) is 3. The molecule has 1 spiro atoms. The molecule has 3 saturated heterocycles. The predicted octanol–water partition coefficient (Wildman–Crippen LogP) is 3.16. The molecule has 4 rings (SSSR count). The Balaban J connectivity index is 1.70. The van der Waals surface area contributed by atoms with Crippen molar-refractivity contribution in [3.8, 4) is 0 Å². The van der Waals surface area contributed by atoms with E-state index in [-0.39, 0.29) is 30.9 Å². The van der Waals surface area contributed by atoms with Gasteiger partial charge in [0.05, 0.1) is 24.0 Å². The lowest BCUT2D eigenvalue weighted by Gasteiger charge is -2.37. The molecule has 3 amide bonds. The van der Waals surface area contributed by atoms with Crippen molar-refractivity contribution in [2.24, 2.45) is 11.8 Å². The van der Waals surface area contributed by atoms with Gasteiger partial charge in [0.1, 0.15) is 11.6 Å². The topological polar surface area (TPSA) is 90.4 Å². The van der Waals surface area contributed by atoms with Crippen LogP contribution in [-0.2, 0) is 25.7 Å². The Hall–Kier alpha value is -2.97. The van der Waals surface area contributed by atoms with E-state index in [1.165, 1.54) is 4.90 Å². The van der Waals surface area contributed by atoms with Gasteiger partial charge in [-0.2, -0.15) is 0 Å². The SMILES string of the molecule is C=CCN(CCCCC)C(=O)C1N(CCO)C(=O)[C@@H]2[C@@H](C(=O)N(CC=C)Cc3ccccc3)[C@@]3(C)CCC12O3. The number of benzene rings is 1. The van der Waals surface area contributed by atoms with Crippen molar-refractivity contribution in [2.75, 3.05) is 32.8 Å². The van der Waals surface area contributed by atoms with E-state index in [1.807, 2.05) is 37.3 Å². The Bertz CT molecular complexity index is 1080. The summed E-state index contributed by atoms with van der Waals surface area (Å²) >= 11 is 0. The lowest BCUT2D eigenvalue weighted by molar-refractivity contribution is -0.154.